The SMILES string of the molecule is Cl.Cn1c(CCc2ccc(C(=N)N)cc2)nc2cc(C(=O)N3c4ccccc4CC3C(=O)O)cnc21. The van der Waals surface area contributed by atoms with Crippen LogP contribution in [-0.2, 0) is 31.1 Å². The summed E-state index contributed by atoms with van der Waals surface area (Å²) >= 11 is 0. The van der Waals surface area contributed by atoms with Crippen LogP contribution in [0.2, 0.25) is 0 Å². The average Bonchev–Trinajstić information content (AvgIpc) is 3.40. The monoisotopic (exact) mass is 504 g/mol. The number of hydrogen-bond donors (Lipinski definition) is 3. The first kappa shape index (κ1) is 24.9. The maximum atomic E-state index is 13.4. The lowest BCUT2D eigenvalue weighted by Gasteiger charge is -2.22. The zero-order valence-corrected chi connectivity index (χ0v) is 20.3. The third-order valence-electron chi connectivity index (χ3n) is 6.43. The molecule has 2 aromatic carbocycles. The fourth-order valence-electron chi connectivity index (χ4n) is 4.54. The second kappa shape index (κ2) is 9.79. The molecule has 0 saturated carbocycles. The number of aliphatic carboxylic acids is 1. The van der Waals surface area contributed by atoms with Gasteiger partial charge in [0, 0.05) is 37.3 Å². The van der Waals surface area contributed by atoms with Crippen molar-refractivity contribution in [1.29, 1.82) is 5.41 Å². The van der Waals surface area contributed by atoms with Gasteiger partial charge in [0.05, 0.1) is 5.56 Å². The number of nitrogens with two attached hydrogens (primary N) is 1. The molecular formula is C26H25ClN6O3. The molecule has 4 N–H and O–H groups in total. The summed E-state index contributed by atoms with van der Waals surface area (Å²) in [7, 11) is 1.88. The van der Waals surface area contributed by atoms with Crippen LogP contribution in [0.3, 0.4) is 0 Å². The van der Waals surface area contributed by atoms with E-state index in [9.17, 15) is 14.7 Å². The molecule has 4 aromatic rings. The van der Waals surface area contributed by atoms with Crippen molar-refractivity contribution in [2.45, 2.75) is 25.3 Å². The number of rotatable bonds is 6. The van der Waals surface area contributed by atoms with Gasteiger partial charge in [-0.05, 0) is 29.7 Å². The molecule has 3 heterocycles. The number of nitrogens with one attached hydrogen (secondary N) is 1. The molecule has 0 radical (unpaired) electrons. The van der Waals surface area contributed by atoms with Crippen LogP contribution in [0.4, 0.5) is 5.69 Å². The smallest absolute Gasteiger partial charge is 0.327 e. The first-order valence-corrected chi connectivity index (χ1v) is 11.2. The number of nitrogens with zero attached hydrogens (tertiary/aromatic N) is 4. The fraction of sp³-hybridized carbons (Fsp3) is 0.192. The number of carbonyl (C=O) groups is 2. The molecule has 9 nitrogen and oxygen atoms in total. The number of pyridine rings is 1. The Kier molecular flexibility index (Phi) is 6.76. The zero-order valence-electron chi connectivity index (χ0n) is 19.5. The molecule has 1 amide bonds. The van der Waals surface area contributed by atoms with Crippen molar-refractivity contribution in [3.05, 3.63) is 88.9 Å². The van der Waals surface area contributed by atoms with Crippen molar-refractivity contribution in [1.82, 2.24) is 14.5 Å². The topological polar surface area (TPSA) is 138 Å². The van der Waals surface area contributed by atoms with Crippen molar-refractivity contribution >= 4 is 47.0 Å². The molecule has 1 aliphatic rings. The van der Waals surface area contributed by atoms with Gasteiger partial charge < -0.3 is 15.4 Å². The van der Waals surface area contributed by atoms with Crippen LogP contribution in [0, 0.1) is 5.41 Å². The summed E-state index contributed by atoms with van der Waals surface area (Å²) in [5, 5.41) is 17.2. The van der Waals surface area contributed by atoms with E-state index in [1.54, 1.807) is 18.2 Å². The van der Waals surface area contributed by atoms with Gasteiger partial charge in [0.2, 0.25) is 0 Å². The van der Waals surface area contributed by atoms with Crippen molar-refractivity contribution in [2.24, 2.45) is 12.8 Å². The van der Waals surface area contributed by atoms with E-state index in [-0.39, 0.29) is 24.7 Å². The molecule has 0 aliphatic carbocycles. The number of halogens is 1. The molecule has 10 heteroatoms. The third kappa shape index (κ3) is 4.40. The molecule has 0 saturated heterocycles. The number of amides is 1. The van der Waals surface area contributed by atoms with E-state index in [0.29, 0.717) is 34.4 Å². The van der Waals surface area contributed by atoms with Gasteiger partial charge in [-0.15, -0.1) is 12.4 Å². The highest BCUT2D eigenvalue weighted by Crippen LogP contribution is 2.33. The highest BCUT2D eigenvalue weighted by molar-refractivity contribution is 6.11. The van der Waals surface area contributed by atoms with Gasteiger partial charge in [0.1, 0.15) is 23.2 Å². The Morgan fingerprint density at radius 2 is 1.83 bits per heavy atom. The Hall–Kier alpha value is -4.24. The van der Waals surface area contributed by atoms with Crippen molar-refractivity contribution < 1.29 is 14.7 Å². The van der Waals surface area contributed by atoms with E-state index < -0.39 is 17.9 Å². The number of amidine groups is 1. The quantitative estimate of drug-likeness (QED) is 0.272. The molecule has 36 heavy (non-hydrogen) atoms. The van der Waals surface area contributed by atoms with Gasteiger partial charge >= 0.3 is 5.97 Å². The number of fused-ring (bicyclic) bond motifs is 2. The number of benzene rings is 2. The van der Waals surface area contributed by atoms with Crippen LogP contribution in [0.15, 0.2) is 60.8 Å². The minimum Gasteiger partial charge on any atom is -0.480 e. The van der Waals surface area contributed by atoms with Crippen LogP contribution in [0.25, 0.3) is 11.2 Å². The van der Waals surface area contributed by atoms with Crippen LogP contribution in [-0.4, -0.2) is 43.4 Å². The van der Waals surface area contributed by atoms with Crippen LogP contribution < -0.4 is 10.6 Å². The Morgan fingerprint density at radius 3 is 2.53 bits per heavy atom. The summed E-state index contributed by atoms with van der Waals surface area (Å²) in [4.78, 5) is 35.8. The highest BCUT2D eigenvalue weighted by atomic mass is 35.5. The number of carbonyl (C=O) groups excluding carboxylic acids is 1. The first-order chi connectivity index (χ1) is 16.8. The van der Waals surface area contributed by atoms with E-state index in [1.165, 1.54) is 11.1 Å². The number of hydrogen-bond acceptors (Lipinski definition) is 5. The zero-order chi connectivity index (χ0) is 24.7. The minimum atomic E-state index is -1.04. The van der Waals surface area contributed by atoms with E-state index in [1.807, 2.05) is 48.0 Å². The molecule has 2 aromatic heterocycles. The summed E-state index contributed by atoms with van der Waals surface area (Å²) in [6, 6.07) is 15.5. The number of para-hydroxylation sites is 1. The standard InChI is InChI=1S/C26H24N6O3.ClH/c1-31-22(11-8-15-6-9-16(10-7-15)23(27)28)30-19-12-18(14-29-24(19)31)25(33)32-20-5-3-2-4-17(20)13-21(32)26(34)35;/h2-7,9-10,12,14,21H,8,11,13H2,1H3,(H3,27,28)(H,34,35);1H. The van der Waals surface area contributed by atoms with Crippen molar-refractivity contribution in [2.75, 3.05) is 4.90 Å². The Labute approximate surface area is 213 Å². The van der Waals surface area contributed by atoms with Gasteiger partial charge in [0.15, 0.2) is 5.65 Å². The van der Waals surface area contributed by atoms with Gasteiger partial charge in [-0.3, -0.25) is 15.1 Å². The van der Waals surface area contributed by atoms with Crippen LogP contribution in [0.5, 0.6) is 0 Å². The number of aryl methyl sites for hydroxylation is 3. The van der Waals surface area contributed by atoms with Crippen LogP contribution in [0.1, 0.15) is 32.9 Å². The molecule has 1 atom stereocenters. The Balaban J connectivity index is 0.00000304. The lowest BCUT2D eigenvalue weighted by Crippen LogP contribution is -2.42. The second-order valence-corrected chi connectivity index (χ2v) is 8.63. The van der Waals surface area contributed by atoms with Gasteiger partial charge in [0.25, 0.3) is 5.91 Å². The maximum Gasteiger partial charge on any atom is 0.327 e. The van der Waals surface area contributed by atoms with E-state index >= 15 is 0 Å². The second-order valence-electron chi connectivity index (χ2n) is 8.63. The first-order valence-electron chi connectivity index (χ1n) is 11.2. The highest BCUT2D eigenvalue weighted by Gasteiger charge is 2.38. The van der Waals surface area contributed by atoms with Crippen LogP contribution >= 0.6 is 12.4 Å². The predicted molar refractivity (Wildman–Crippen MR) is 139 cm³/mol. The van der Waals surface area contributed by atoms with E-state index in [2.05, 4.69) is 4.98 Å². The van der Waals surface area contributed by atoms with Gasteiger partial charge in [-0.2, -0.15) is 0 Å². The summed E-state index contributed by atoms with van der Waals surface area (Å²) in [6.45, 7) is 0. The normalized spacial score (nSPS) is 14.4. The lowest BCUT2D eigenvalue weighted by atomic mass is 10.1. The summed E-state index contributed by atoms with van der Waals surface area (Å²) in [5.41, 5.74) is 10.3. The summed E-state index contributed by atoms with van der Waals surface area (Å²) < 4.78 is 1.90. The number of aromatic nitrogens is 3. The van der Waals surface area contributed by atoms with Crippen molar-refractivity contribution in [3.8, 4) is 0 Å². The minimum absolute atomic E-state index is 0. The number of carboxylic acids is 1. The number of anilines is 1. The number of carboxylic acid groups (broad SMARTS) is 1. The molecule has 5 rings (SSSR count). The largest absolute Gasteiger partial charge is 0.480 e. The van der Waals surface area contributed by atoms with Gasteiger partial charge in [-0.1, -0.05) is 42.5 Å². The summed E-state index contributed by atoms with van der Waals surface area (Å²) in [6.07, 6.45) is 3.16. The molecular weight excluding hydrogens is 480 g/mol. The van der Waals surface area contributed by atoms with E-state index in [0.717, 1.165) is 23.4 Å². The molecule has 1 unspecified atom stereocenters. The lowest BCUT2D eigenvalue weighted by molar-refractivity contribution is -0.138. The molecule has 0 fully saturated rings. The average molecular weight is 505 g/mol. The van der Waals surface area contributed by atoms with E-state index in [4.69, 9.17) is 16.1 Å². The Bertz CT molecular complexity index is 1480. The summed E-state index contributed by atoms with van der Waals surface area (Å²) in [5.74, 6) is -0.590. The maximum absolute atomic E-state index is 13.4. The van der Waals surface area contributed by atoms with Gasteiger partial charge in [-0.25, -0.2) is 14.8 Å². The van der Waals surface area contributed by atoms with Crippen molar-refractivity contribution in [3.63, 3.8) is 0 Å². The third-order valence-corrected chi connectivity index (χ3v) is 6.43. The Morgan fingerprint density at radius 1 is 1.11 bits per heavy atom. The number of imidazole rings is 1. The molecule has 184 valence electrons. The number of nitrogen functional groups attached to an aromatic ring is 1. The molecule has 1 aliphatic heterocycles. The fourth-order valence-corrected chi connectivity index (χ4v) is 4.54. The predicted octanol–water partition coefficient (Wildman–Crippen LogP) is 3.12. The molecule has 0 spiro atoms. The molecule has 0 bridgehead atoms.